The Labute approximate surface area is 213 Å². The van der Waals surface area contributed by atoms with Gasteiger partial charge in [0, 0.05) is 36.2 Å². The second-order valence-electron chi connectivity index (χ2n) is 8.06. The number of aryl methyl sites for hydroxylation is 1. The molecule has 0 bridgehead atoms. The zero-order chi connectivity index (χ0) is 25.6. The highest BCUT2D eigenvalue weighted by Gasteiger charge is 2.15. The van der Waals surface area contributed by atoms with Crippen LogP contribution < -0.4 is 20.7 Å². The summed E-state index contributed by atoms with van der Waals surface area (Å²) in [5.74, 6) is 2.39. The molecule has 10 heteroatoms. The normalized spacial score (nSPS) is 10.5. The number of amides is 1. The van der Waals surface area contributed by atoms with Crippen LogP contribution in [0.1, 0.15) is 10.5 Å². The lowest BCUT2D eigenvalue weighted by Gasteiger charge is -2.09. The topological polar surface area (TPSA) is 119 Å². The van der Waals surface area contributed by atoms with Gasteiger partial charge in [-0.15, -0.1) is 0 Å². The summed E-state index contributed by atoms with van der Waals surface area (Å²) in [6.07, 6.45) is 3.17. The van der Waals surface area contributed by atoms with Gasteiger partial charge in [0.15, 0.2) is 0 Å². The fourth-order valence-corrected chi connectivity index (χ4v) is 3.65. The van der Waals surface area contributed by atoms with Crippen molar-refractivity contribution in [3.8, 4) is 17.0 Å². The van der Waals surface area contributed by atoms with Crippen LogP contribution >= 0.6 is 0 Å². The Bertz CT molecular complexity index is 1520. The Morgan fingerprint density at radius 2 is 1.59 bits per heavy atom. The van der Waals surface area contributed by atoms with Crippen molar-refractivity contribution in [3.63, 3.8) is 0 Å². The number of rotatable bonds is 8. The molecular formula is C27H24N8O2. The van der Waals surface area contributed by atoms with Crippen molar-refractivity contribution in [2.45, 2.75) is 0 Å². The number of nitrogens with zero attached hydrogens (tertiary/aromatic N) is 5. The predicted octanol–water partition coefficient (Wildman–Crippen LogP) is 5.02. The molecule has 3 heterocycles. The Balaban J connectivity index is 1.23. The summed E-state index contributed by atoms with van der Waals surface area (Å²) in [6, 6.07) is 24.0. The molecule has 3 aromatic heterocycles. The second-order valence-corrected chi connectivity index (χ2v) is 8.06. The van der Waals surface area contributed by atoms with Crippen LogP contribution in [0.2, 0.25) is 0 Å². The molecule has 3 N–H and O–H groups in total. The third-order valence-corrected chi connectivity index (χ3v) is 5.48. The summed E-state index contributed by atoms with van der Waals surface area (Å²) in [6.45, 7) is 0. The lowest BCUT2D eigenvalue weighted by molar-refractivity contribution is 0.101. The van der Waals surface area contributed by atoms with Crippen molar-refractivity contribution < 1.29 is 9.53 Å². The van der Waals surface area contributed by atoms with Gasteiger partial charge in [0.2, 0.25) is 0 Å². The maximum Gasteiger partial charge on any atom is 0.273 e. The van der Waals surface area contributed by atoms with Crippen molar-refractivity contribution in [1.29, 1.82) is 0 Å². The van der Waals surface area contributed by atoms with Crippen molar-refractivity contribution in [2.24, 2.45) is 7.05 Å². The van der Waals surface area contributed by atoms with E-state index in [2.05, 4.69) is 36.0 Å². The van der Waals surface area contributed by atoms with E-state index in [9.17, 15) is 4.79 Å². The molecule has 5 rings (SSSR count). The highest BCUT2D eigenvalue weighted by Crippen LogP contribution is 2.24. The highest BCUT2D eigenvalue weighted by molar-refractivity contribution is 6.03. The van der Waals surface area contributed by atoms with Crippen LogP contribution in [-0.4, -0.2) is 37.7 Å². The first kappa shape index (κ1) is 23.5. The molecule has 0 aliphatic carbocycles. The number of nitrogens with one attached hydrogen (secondary N) is 3. The fraction of sp³-hybridized carbons (Fsp3) is 0.0741. The van der Waals surface area contributed by atoms with Crippen molar-refractivity contribution >= 4 is 34.7 Å². The number of carbonyl (C=O) groups is 1. The quantitative estimate of drug-likeness (QED) is 0.276. The number of aromatic nitrogens is 5. The number of carbonyl (C=O) groups excluding carboxylic acids is 1. The molecule has 5 aromatic rings. The smallest absolute Gasteiger partial charge is 0.273 e. The first-order chi connectivity index (χ1) is 18.1. The monoisotopic (exact) mass is 492 g/mol. The van der Waals surface area contributed by atoms with E-state index >= 15 is 0 Å². The molecule has 2 aromatic carbocycles. The Morgan fingerprint density at radius 1 is 0.811 bits per heavy atom. The number of anilines is 5. The SMILES string of the molecule is COc1cccc(-c2cc(C(=O)Nc3ccc(Nc4cc(Nc5ccccn5)ncn4)cc3)n(C)n2)c1. The number of pyridine rings is 1. The van der Waals surface area contributed by atoms with Crippen LogP contribution in [0.3, 0.4) is 0 Å². The van der Waals surface area contributed by atoms with Gasteiger partial charge in [-0.3, -0.25) is 9.48 Å². The van der Waals surface area contributed by atoms with Gasteiger partial charge in [0.25, 0.3) is 5.91 Å². The predicted molar refractivity (Wildman–Crippen MR) is 142 cm³/mol. The average molecular weight is 493 g/mol. The Kier molecular flexibility index (Phi) is 6.71. The number of hydrogen-bond acceptors (Lipinski definition) is 8. The van der Waals surface area contributed by atoms with E-state index in [0.717, 1.165) is 17.0 Å². The van der Waals surface area contributed by atoms with E-state index in [0.29, 0.717) is 34.5 Å². The first-order valence-electron chi connectivity index (χ1n) is 11.4. The lowest BCUT2D eigenvalue weighted by Crippen LogP contribution is -2.15. The van der Waals surface area contributed by atoms with Gasteiger partial charge in [-0.1, -0.05) is 18.2 Å². The number of benzene rings is 2. The van der Waals surface area contributed by atoms with Gasteiger partial charge in [-0.25, -0.2) is 15.0 Å². The minimum Gasteiger partial charge on any atom is -0.497 e. The molecule has 0 unspecified atom stereocenters. The summed E-state index contributed by atoms with van der Waals surface area (Å²) >= 11 is 0. The number of ether oxygens (including phenoxy) is 1. The molecule has 184 valence electrons. The molecule has 0 fully saturated rings. The minimum atomic E-state index is -0.258. The summed E-state index contributed by atoms with van der Waals surface area (Å²) < 4.78 is 6.85. The third kappa shape index (κ3) is 5.70. The van der Waals surface area contributed by atoms with Crippen LogP contribution in [0.4, 0.5) is 28.8 Å². The molecule has 1 amide bonds. The molecular weight excluding hydrogens is 468 g/mol. The van der Waals surface area contributed by atoms with Crippen molar-refractivity contribution in [2.75, 3.05) is 23.1 Å². The van der Waals surface area contributed by atoms with Gasteiger partial charge in [-0.05, 0) is 54.6 Å². The van der Waals surface area contributed by atoms with Crippen molar-refractivity contribution in [1.82, 2.24) is 24.7 Å². The average Bonchev–Trinajstić information content (AvgIpc) is 3.32. The molecule has 0 radical (unpaired) electrons. The van der Waals surface area contributed by atoms with Crippen molar-refractivity contribution in [3.05, 3.63) is 97.1 Å². The van der Waals surface area contributed by atoms with Crippen LogP contribution in [-0.2, 0) is 7.05 Å². The van der Waals surface area contributed by atoms with Gasteiger partial charge in [0.1, 0.15) is 35.2 Å². The van der Waals surface area contributed by atoms with E-state index in [1.165, 1.54) is 6.33 Å². The number of methoxy groups -OCH3 is 1. The maximum absolute atomic E-state index is 12.9. The van der Waals surface area contributed by atoms with E-state index in [1.807, 2.05) is 66.7 Å². The van der Waals surface area contributed by atoms with Crippen LogP contribution in [0, 0.1) is 0 Å². The van der Waals surface area contributed by atoms with Gasteiger partial charge < -0.3 is 20.7 Å². The first-order valence-corrected chi connectivity index (χ1v) is 11.4. The second kappa shape index (κ2) is 10.6. The maximum atomic E-state index is 12.9. The number of hydrogen-bond donors (Lipinski definition) is 3. The Hall–Kier alpha value is -5.25. The summed E-state index contributed by atoms with van der Waals surface area (Å²) in [4.78, 5) is 25.7. The van der Waals surface area contributed by atoms with Gasteiger partial charge in [0.05, 0.1) is 12.8 Å². The third-order valence-electron chi connectivity index (χ3n) is 5.48. The molecule has 0 aliphatic heterocycles. The highest BCUT2D eigenvalue weighted by atomic mass is 16.5. The molecule has 0 saturated heterocycles. The van der Waals surface area contributed by atoms with Gasteiger partial charge in [-0.2, -0.15) is 5.10 Å². The summed E-state index contributed by atoms with van der Waals surface area (Å²) in [5, 5.41) is 13.8. The molecule has 10 nitrogen and oxygen atoms in total. The largest absolute Gasteiger partial charge is 0.497 e. The molecule has 0 saturated carbocycles. The van der Waals surface area contributed by atoms with E-state index in [1.54, 1.807) is 37.2 Å². The zero-order valence-electron chi connectivity index (χ0n) is 20.2. The molecule has 0 spiro atoms. The summed E-state index contributed by atoms with van der Waals surface area (Å²) in [7, 11) is 3.35. The fourth-order valence-electron chi connectivity index (χ4n) is 3.65. The van der Waals surface area contributed by atoms with E-state index in [4.69, 9.17) is 4.74 Å². The molecule has 0 aliphatic rings. The van der Waals surface area contributed by atoms with Crippen LogP contribution in [0.25, 0.3) is 11.3 Å². The summed E-state index contributed by atoms with van der Waals surface area (Å²) in [5.41, 5.74) is 3.45. The minimum absolute atomic E-state index is 0.258. The Morgan fingerprint density at radius 3 is 2.35 bits per heavy atom. The zero-order valence-corrected chi connectivity index (χ0v) is 20.2. The van der Waals surface area contributed by atoms with E-state index in [-0.39, 0.29) is 5.91 Å². The van der Waals surface area contributed by atoms with Gasteiger partial charge >= 0.3 is 0 Å². The van der Waals surface area contributed by atoms with Crippen LogP contribution in [0.15, 0.2) is 91.4 Å². The molecule has 37 heavy (non-hydrogen) atoms. The lowest BCUT2D eigenvalue weighted by atomic mass is 10.1. The van der Waals surface area contributed by atoms with E-state index < -0.39 is 0 Å². The standard InChI is InChI=1S/C27H24N8O2/c1-35-23(15-22(34-35)18-6-5-7-21(14-18)37-2)27(36)32-20-11-9-19(10-12-20)31-25-16-26(30-17-29-25)33-24-8-3-4-13-28-24/h3-17H,1-2H3,(H,32,36)(H2,28,29,30,31,33). The van der Waals surface area contributed by atoms with Crippen LogP contribution in [0.5, 0.6) is 5.75 Å². The molecule has 0 atom stereocenters.